The maximum Gasteiger partial charge on any atom is 0.381 e. The number of carbonyl (C=O) groups excluding carboxylic acids is 1. The topological polar surface area (TPSA) is 44.8 Å². The Morgan fingerprint density at radius 2 is 1.46 bits per heavy atom. The molecule has 2 aromatic carbocycles. The summed E-state index contributed by atoms with van der Waals surface area (Å²) in [6.07, 6.45) is -1.77. The van der Waals surface area contributed by atoms with E-state index in [0.29, 0.717) is 38.7 Å². The van der Waals surface area contributed by atoms with Crippen LogP contribution in [0.25, 0.3) is 0 Å². The van der Waals surface area contributed by atoms with E-state index in [0.717, 1.165) is 16.9 Å². The van der Waals surface area contributed by atoms with Crippen molar-refractivity contribution in [3.63, 3.8) is 0 Å². The first-order valence-corrected chi connectivity index (χ1v) is 15.9. The van der Waals surface area contributed by atoms with Gasteiger partial charge in [-0.3, -0.25) is 0 Å². The molecule has 1 atom stereocenters. The summed E-state index contributed by atoms with van der Waals surface area (Å²) in [6, 6.07) is 9.21. The lowest BCUT2D eigenvalue weighted by Crippen LogP contribution is -2.50. The van der Waals surface area contributed by atoms with Crippen molar-refractivity contribution >= 4 is 37.5 Å². The number of hydrogen-bond acceptors (Lipinski definition) is 4. The average Bonchev–Trinajstić information content (AvgIpc) is 2.79. The van der Waals surface area contributed by atoms with Crippen LogP contribution in [0.3, 0.4) is 0 Å². The summed E-state index contributed by atoms with van der Waals surface area (Å²) in [5.74, 6) is 0.180. The Morgan fingerprint density at radius 1 is 0.919 bits per heavy atom. The normalized spacial score (nSPS) is 13.0. The fraction of sp³-hybridized carbons (Fsp3) is 0.552. The lowest BCUT2D eigenvalue weighted by molar-refractivity contribution is -0.159. The van der Waals surface area contributed by atoms with Crippen LogP contribution >= 0.6 is 23.2 Å². The fourth-order valence-corrected chi connectivity index (χ4v) is 11.1. The Bertz CT molecular complexity index is 1030. The van der Waals surface area contributed by atoms with Gasteiger partial charge in [-0.2, -0.15) is 4.39 Å². The molecule has 0 N–H and O–H groups in total. The van der Waals surface area contributed by atoms with E-state index in [-0.39, 0.29) is 18.3 Å². The fourth-order valence-electron chi connectivity index (χ4n) is 5.19. The number of benzene rings is 2. The molecule has 4 nitrogen and oxygen atoms in total. The average molecular weight is 572 g/mol. The first-order valence-electron chi connectivity index (χ1n) is 13.0. The van der Waals surface area contributed by atoms with E-state index in [9.17, 15) is 9.18 Å². The highest BCUT2D eigenvalue weighted by molar-refractivity contribution is 6.78. The first kappa shape index (κ1) is 31.5. The van der Waals surface area contributed by atoms with Gasteiger partial charge < -0.3 is 13.9 Å². The van der Waals surface area contributed by atoms with Crippen LogP contribution in [0.1, 0.15) is 84.9 Å². The molecule has 2 rings (SSSR count). The van der Waals surface area contributed by atoms with Gasteiger partial charge in [0.15, 0.2) is 0 Å². The quantitative estimate of drug-likeness (QED) is 0.188. The molecule has 0 saturated heterocycles. The smallest absolute Gasteiger partial charge is 0.381 e. The molecule has 0 spiro atoms. The summed E-state index contributed by atoms with van der Waals surface area (Å²) >= 11 is 13.0. The Hall–Kier alpha value is -1.76. The van der Waals surface area contributed by atoms with Crippen LogP contribution in [0.2, 0.25) is 26.7 Å². The zero-order valence-electron chi connectivity index (χ0n) is 23.5. The molecule has 0 radical (unpaired) electrons. The molecule has 0 aliphatic carbocycles. The minimum Gasteiger partial charge on any atom is -0.542 e. The molecule has 8 heteroatoms. The van der Waals surface area contributed by atoms with Gasteiger partial charge in [0, 0.05) is 16.5 Å². The van der Waals surface area contributed by atoms with Crippen LogP contribution in [-0.4, -0.2) is 27.3 Å². The zero-order valence-corrected chi connectivity index (χ0v) is 26.0. The van der Waals surface area contributed by atoms with E-state index in [2.05, 4.69) is 78.3 Å². The maximum absolute atomic E-state index is 14.0. The molecule has 0 aliphatic rings. The van der Waals surface area contributed by atoms with Gasteiger partial charge in [-0.1, -0.05) is 90.7 Å². The monoisotopic (exact) mass is 570 g/mol. The lowest BCUT2D eigenvalue weighted by atomic mass is 9.96. The predicted octanol–water partition coefficient (Wildman–Crippen LogP) is 9.50. The number of ether oxygens (including phenoxy) is 2. The molecule has 0 fully saturated rings. The first-order chi connectivity index (χ1) is 17.2. The molecular weight excluding hydrogens is 530 g/mol. The van der Waals surface area contributed by atoms with Crippen molar-refractivity contribution in [3.8, 4) is 11.5 Å². The number of rotatable bonds is 12. The van der Waals surface area contributed by atoms with Gasteiger partial charge in [-0.25, -0.2) is 4.79 Å². The third-order valence-electron chi connectivity index (χ3n) is 6.90. The lowest BCUT2D eigenvalue weighted by Gasteiger charge is -2.43. The largest absolute Gasteiger partial charge is 0.542 e. The van der Waals surface area contributed by atoms with Crippen molar-refractivity contribution in [2.45, 2.75) is 97.6 Å². The highest BCUT2D eigenvalue weighted by atomic mass is 35.5. The number of alkyl halides is 1. The third kappa shape index (κ3) is 7.42. The summed E-state index contributed by atoms with van der Waals surface area (Å²) in [5.41, 5.74) is 4.29. The molecule has 206 valence electrons. The second-order valence-corrected chi connectivity index (χ2v) is 16.9. The molecule has 0 bridgehead atoms. The van der Waals surface area contributed by atoms with Gasteiger partial charge in [-0.05, 0) is 64.4 Å². The van der Waals surface area contributed by atoms with Crippen LogP contribution in [0.15, 0.2) is 30.3 Å². The van der Waals surface area contributed by atoms with E-state index >= 15 is 0 Å². The summed E-state index contributed by atoms with van der Waals surface area (Å²) in [5, 5.41) is 0.659. The van der Waals surface area contributed by atoms with Crippen molar-refractivity contribution in [1.29, 1.82) is 0 Å². The van der Waals surface area contributed by atoms with Gasteiger partial charge in [0.05, 0.1) is 6.61 Å². The third-order valence-corrected chi connectivity index (χ3v) is 13.6. The molecule has 1 unspecified atom stereocenters. The summed E-state index contributed by atoms with van der Waals surface area (Å²) < 4.78 is 30.7. The van der Waals surface area contributed by atoms with E-state index in [1.165, 1.54) is 12.1 Å². The van der Waals surface area contributed by atoms with Crippen molar-refractivity contribution in [2.24, 2.45) is 0 Å². The Labute approximate surface area is 232 Å². The minimum atomic E-state index is -2.25. The van der Waals surface area contributed by atoms with Crippen molar-refractivity contribution < 1.29 is 23.1 Å². The number of esters is 1. The maximum atomic E-state index is 14.0. The van der Waals surface area contributed by atoms with Gasteiger partial charge >= 0.3 is 12.3 Å². The summed E-state index contributed by atoms with van der Waals surface area (Å²) in [6.45, 7) is 19.7. The Kier molecular flexibility index (Phi) is 11.3. The van der Waals surface area contributed by atoms with Crippen LogP contribution in [0.4, 0.5) is 4.39 Å². The highest BCUT2D eigenvalue weighted by Gasteiger charge is 2.47. The molecule has 0 heterocycles. The molecule has 0 saturated carbocycles. The number of halogens is 3. The minimum absolute atomic E-state index is 0.0564. The van der Waals surface area contributed by atoms with Crippen LogP contribution < -0.4 is 9.16 Å². The van der Waals surface area contributed by atoms with E-state index < -0.39 is 20.6 Å². The number of hydrogen-bond donors (Lipinski definition) is 0. The Morgan fingerprint density at radius 3 is 1.92 bits per heavy atom. The second-order valence-electron chi connectivity index (χ2n) is 10.7. The molecule has 37 heavy (non-hydrogen) atoms. The van der Waals surface area contributed by atoms with Gasteiger partial charge in [0.25, 0.3) is 8.32 Å². The van der Waals surface area contributed by atoms with E-state index in [4.69, 9.17) is 32.4 Å². The SMILES string of the molecule is CCOC(=O)C(F)Oc1cc(Cl)c(Cc2ccc(O[Si](C(C)C)(C(C)C)C(C)C)c(C(C)C)c2)c(Cl)c1. The predicted molar refractivity (Wildman–Crippen MR) is 154 cm³/mol. The zero-order chi connectivity index (χ0) is 28.1. The van der Waals surface area contributed by atoms with E-state index in [1.54, 1.807) is 6.92 Å². The number of carbonyl (C=O) groups is 1. The molecule has 0 aromatic heterocycles. The van der Waals surface area contributed by atoms with Crippen molar-refractivity contribution in [1.82, 2.24) is 0 Å². The summed E-state index contributed by atoms with van der Waals surface area (Å²) in [4.78, 5) is 11.5. The van der Waals surface area contributed by atoms with Crippen molar-refractivity contribution in [2.75, 3.05) is 6.61 Å². The van der Waals surface area contributed by atoms with Gasteiger partial charge in [0.2, 0.25) is 0 Å². The standard InChI is InChI=1S/C29H41Cl2FO4Si/c1-10-34-29(33)28(32)35-22-15-25(30)24(26(31)16-22)14-21-11-12-27(23(13-21)17(2)3)36-37(18(4)5,19(6)7)20(8)9/h11-13,15-20,28H,10,14H2,1-9H3. The van der Waals surface area contributed by atoms with Gasteiger partial charge in [-0.15, -0.1) is 0 Å². The molecule has 0 amide bonds. The van der Waals surface area contributed by atoms with Crippen LogP contribution in [0, 0.1) is 0 Å². The Balaban J connectivity index is 2.37. The van der Waals surface area contributed by atoms with Crippen LogP contribution in [0.5, 0.6) is 11.5 Å². The summed E-state index contributed by atoms with van der Waals surface area (Å²) in [7, 11) is -2.11. The van der Waals surface area contributed by atoms with Crippen molar-refractivity contribution in [3.05, 3.63) is 57.1 Å². The highest BCUT2D eigenvalue weighted by Crippen LogP contribution is 2.44. The molecular formula is C29H41Cl2FO4Si. The molecule has 2 aromatic rings. The van der Waals surface area contributed by atoms with E-state index in [1.807, 2.05) is 0 Å². The second kappa shape index (κ2) is 13.3. The van der Waals surface area contributed by atoms with Crippen LogP contribution in [-0.2, 0) is 16.0 Å². The molecule has 0 aliphatic heterocycles. The van der Waals surface area contributed by atoms with Gasteiger partial charge in [0.1, 0.15) is 11.5 Å².